The zero-order valence-electron chi connectivity index (χ0n) is 17.3. The van der Waals surface area contributed by atoms with Crippen LogP contribution in [0.5, 0.6) is 5.75 Å². The minimum absolute atomic E-state index is 0.0561. The molecule has 150 valence electrons. The molecule has 2 aliphatic rings. The third-order valence-electron chi connectivity index (χ3n) is 6.02. The Morgan fingerprint density at radius 3 is 2.45 bits per heavy atom. The number of aryl methyl sites for hydroxylation is 2. The minimum atomic E-state index is -0.177. The maximum Gasteiger partial charge on any atom is 0.232 e. The summed E-state index contributed by atoms with van der Waals surface area (Å²) < 4.78 is 5.54. The Bertz CT molecular complexity index is 988. The van der Waals surface area contributed by atoms with Gasteiger partial charge < -0.3 is 4.74 Å². The maximum atomic E-state index is 13.3. The number of rotatable bonds is 4. The monoisotopic (exact) mass is 389 g/mol. The lowest BCUT2D eigenvalue weighted by atomic mass is 9.77. The van der Waals surface area contributed by atoms with Crippen molar-refractivity contribution in [1.29, 1.82) is 0 Å². The summed E-state index contributed by atoms with van der Waals surface area (Å²) in [5.41, 5.74) is 5.92. The average Bonchev–Trinajstić information content (AvgIpc) is 2.71. The van der Waals surface area contributed by atoms with Crippen LogP contribution in [0.3, 0.4) is 0 Å². The molecule has 1 aliphatic heterocycles. The van der Waals surface area contributed by atoms with Crippen molar-refractivity contribution in [2.24, 2.45) is 0 Å². The van der Waals surface area contributed by atoms with Gasteiger partial charge in [0.15, 0.2) is 5.78 Å². The second-order valence-electron chi connectivity index (χ2n) is 7.89. The quantitative estimate of drug-likeness (QED) is 0.719. The molecular formula is C25H27NO3. The molecular weight excluding hydrogens is 362 g/mol. The molecule has 2 aromatic rings. The van der Waals surface area contributed by atoms with Crippen molar-refractivity contribution in [3.8, 4) is 5.75 Å². The summed E-state index contributed by atoms with van der Waals surface area (Å²) in [5.74, 6) is 0.857. The summed E-state index contributed by atoms with van der Waals surface area (Å²) in [6.45, 7) is 6.68. The third-order valence-corrected chi connectivity index (χ3v) is 6.02. The van der Waals surface area contributed by atoms with Gasteiger partial charge in [-0.25, -0.2) is 0 Å². The van der Waals surface area contributed by atoms with Gasteiger partial charge in [-0.15, -0.1) is 0 Å². The highest BCUT2D eigenvalue weighted by Crippen LogP contribution is 2.43. The molecule has 0 fully saturated rings. The Hall–Kier alpha value is -2.88. The molecule has 0 saturated heterocycles. The summed E-state index contributed by atoms with van der Waals surface area (Å²) in [4.78, 5) is 28.0. The molecule has 4 heteroatoms. The fourth-order valence-corrected chi connectivity index (χ4v) is 4.40. The molecule has 1 amide bonds. The van der Waals surface area contributed by atoms with Crippen molar-refractivity contribution in [3.05, 3.63) is 70.4 Å². The second-order valence-corrected chi connectivity index (χ2v) is 7.89. The van der Waals surface area contributed by atoms with Crippen LogP contribution in [0, 0.1) is 13.8 Å². The van der Waals surface area contributed by atoms with Gasteiger partial charge in [-0.2, -0.15) is 0 Å². The van der Waals surface area contributed by atoms with Crippen molar-refractivity contribution >= 4 is 17.4 Å². The first-order valence-electron chi connectivity index (χ1n) is 10.4. The summed E-state index contributed by atoms with van der Waals surface area (Å²) in [7, 11) is 0. The van der Waals surface area contributed by atoms with E-state index in [2.05, 4.69) is 13.8 Å². The number of nitrogens with zero attached hydrogens (tertiary/aromatic N) is 1. The molecule has 29 heavy (non-hydrogen) atoms. The second kappa shape index (κ2) is 7.86. The minimum Gasteiger partial charge on any atom is -0.494 e. The topological polar surface area (TPSA) is 46.6 Å². The summed E-state index contributed by atoms with van der Waals surface area (Å²) in [6, 6.07) is 13.9. The standard InChI is InChI=1S/C25H27NO3/c1-4-29-20-12-9-18(10-13-20)21-15-24(28)26(19-11-8-16(2)17(3)14-19)22-6-5-7-23(27)25(21)22/h8-14,21H,4-7,15H2,1-3H3. The van der Waals surface area contributed by atoms with E-state index in [9.17, 15) is 9.59 Å². The Morgan fingerprint density at radius 1 is 1.00 bits per heavy atom. The van der Waals surface area contributed by atoms with Gasteiger partial charge >= 0.3 is 0 Å². The first kappa shape index (κ1) is 19.4. The van der Waals surface area contributed by atoms with Gasteiger partial charge in [-0.3, -0.25) is 14.5 Å². The number of hydrogen-bond acceptors (Lipinski definition) is 3. The number of benzene rings is 2. The van der Waals surface area contributed by atoms with Crippen molar-refractivity contribution in [1.82, 2.24) is 0 Å². The Labute approximate surface area is 172 Å². The van der Waals surface area contributed by atoms with E-state index in [4.69, 9.17) is 4.74 Å². The fourth-order valence-electron chi connectivity index (χ4n) is 4.40. The van der Waals surface area contributed by atoms with Crippen molar-refractivity contribution in [2.45, 2.75) is 52.4 Å². The Balaban J connectivity index is 1.79. The maximum absolute atomic E-state index is 13.3. The number of ketones is 1. The van der Waals surface area contributed by atoms with Crippen LogP contribution in [0.4, 0.5) is 5.69 Å². The van der Waals surface area contributed by atoms with Crippen LogP contribution in [0.15, 0.2) is 53.7 Å². The number of carbonyl (C=O) groups excluding carboxylic acids is 2. The average molecular weight is 389 g/mol. The molecule has 4 nitrogen and oxygen atoms in total. The predicted octanol–water partition coefficient (Wildman–Crippen LogP) is 5.23. The van der Waals surface area contributed by atoms with Gasteiger partial charge in [0, 0.05) is 35.7 Å². The van der Waals surface area contributed by atoms with Gasteiger partial charge in [-0.1, -0.05) is 18.2 Å². The van der Waals surface area contributed by atoms with Crippen LogP contribution >= 0.6 is 0 Å². The molecule has 1 aliphatic carbocycles. The zero-order valence-corrected chi connectivity index (χ0v) is 17.3. The van der Waals surface area contributed by atoms with Gasteiger partial charge in [0.25, 0.3) is 0 Å². The van der Waals surface area contributed by atoms with E-state index in [1.54, 1.807) is 4.90 Å². The van der Waals surface area contributed by atoms with E-state index in [1.165, 1.54) is 5.56 Å². The lowest BCUT2D eigenvalue weighted by Crippen LogP contribution is -2.40. The van der Waals surface area contributed by atoms with E-state index in [0.717, 1.165) is 46.7 Å². The number of amides is 1. The number of ether oxygens (including phenoxy) is 1. The van der Waals surface area contributed by atoms with Crippen LogP contribution in [-0.4, -0.2) is 18.3 Å². The normalized spacial score (nSPS) is 19.4. The molecule has 0 N–H and O–H groups in total. The highest BCUT2D eigenvalue weighted by molar-refractivity contribution is 6.07. The molecule has 1 heterocycles. The van der Waals surface area contributed by atoms with Crippen LogP contribution in [0.1, 0.15) is 55.2 Å². The number of anilines is 1. The van der Waals surface area contributed by atoms with Crippen LogP contribution in [0.25, 0.3) is 0 Å². The SMILES string of the molecule is CCOc1ccc(C2CC(=O)N(c3ccc(C)c(C)c3)C3=C2C(=O)CCC3)cc1. The van der Waals surface area contributed by atoms with Gasteiger partial charge in [0.2, 0.25) is 5.91 Å². The first-order chi connectivity index (χ1) is 14.0. The summed E-state index contributed by atoms with van der Waals surface area (Å²) in [6.07, 6.45) is 2.42. The molecule has 4 rings (SSSR count). The molecule has 0 bridgehead atoms. The Kier molecular flexibility index (Phi) is 5.27. The van der Waals surface area contributed by atoms with Crippen molar-refractivity contribution in [3.63, 3.8) is 0 Å². The predicted molar refractivity (Wildman–Crippen MR) is 114 cm³/mol. The number of Topliss-reactive ketones (excluding diaryl/α,β-unsaturated/α-hetero) is 1. The highest BCUT2D eigenvalue weighted by Gasteiger charge is 2.39. The van der Waals surface area contributed by atoms with E-state index in [1.807, 2.05) is 49.4 Å². The Morgan fingerprint density at radius 2 is 1.76 bits per heavy atom. The molecule has 0 spiro atoms. The van der Waals surface area contributed by atoms with Gasteiger partial charge in [-0.05, 0) is 74.6 Å². The van der Waals surface area contributed by atoms with E-state index in [-0.39, 0.29) is 17.6 Å². The molecule has 0 aromatic heterocycles. The molecule has 0 saturated carbocycles. The van der Waals surface area contributed by atoms with Gasteiger partial charge in [0.05, 0.1) is 6.61 Å². The van der Waals surface area contributed by atoms with E-state index >= 15 is 0 Å². The largest absolute Gasteiger partial charge is 0.494 e. The van der Waals surface area contributed by atoms with Crippen LogP contribution in [0.2, 0.25) is 0 Å². The molecule has 0 radical (unpaired) electrons. The lowest BCUT2D eigenvalue weighted by Gasteiger charge is -2.38. The lowest BCUT2D eigenvalue weighted by molar-refractivity contribution is -0.119. The van der Waals surface area contributed by atoms with Crippen molar-refractivity contribution in [2.75, 3.05) is 11.5 Å². The molecule has 1 unspecified atom stereocenters. The third kappa shape index (κ3) is 3.59. The van der Waals surface area contributed by atoms with Gasteiger partial charge in [0.1, 0.15) is 5.75 Å². The van der Waals surface area contributed by atoms with Crippen molar-refractivity contribution < 1.29 is 14.3 Å². The van der Waals surface area contributed by atoms with Crippen LogP contribution < -0.4 is 9.64 Å². The van der Waals surface area contributed by atoms with Crippen LogP contribution in [-0.2, 0) is 9.59 Å². The highest BCUT2D eigenvalue weighted by atomic mass is 16.5. The van der Waals surface area contributed by atoms with E-state index in [0.29, 0.717) is 19.4 Å². The van der Waals surface area contributed by atoms with E-state index < -0.39 is 0 Å². The number of carbonyl (C=O) groups is 2. The number of allylic oxidation sites excluding steroid dienone is 2. The zero-order chi connectivity index (χ0) is 20.5. The summed E-state index contributed by atoms with van der Waals surface area (Å²) >= 11 is 0. The smallest absolute Gasteiger partial charge is 0.232 e. The molecule has 2 aromatic carbocycles. The number of hydrogen-bond donors (Lipinski definition) is 0. The summed E-state index contributed by atoms with van der Waals surface area (Å²) in [5, 5.41) is 0. The molecule has 1 atom stereocenters. The first-order valence-corrected chi connectivity index (χ1v) is 10.4. The fraction of sp³-hybridized carbons (Fsp3) is 0.360.